The fourth-order valence-electron chi connectivity index (χ4n) is 5.01. The van der Waals surface area contributed by atoms with Gasteiger partial charge in [0, 0.05) is 18.5 Å². The highest BCUT2D eigenvalue weighted by Gasteiger charge is 2.43. The number of aromatic nitrogens is 3. The first kappa shape index (κ1) is 22.0. The maximum Gasteiger partial charge on any atom is 0.252 e. The van der Waals surface area contributed by atoms with Crippen LogP contribution in [0, 0.1) is 23.2 Å². The van der Waals surface area contributed by atoms with Gasteiger partial charge in [-0.1, -0.05) is 25.0 Å². The average molecular weight is 441 g/mol. The van der Waals surface area contributed by atoms with Crippen LogP contribution in [0.5, 0.6) is 0 Å². The van der Waals surface area contributed by atoms with Crippen molar-refractivity contribution in [1.82, 2.24) is 25.2 Å². The van der Waals surface area contributed by atoms with Crippen molar-refractivity contribution in [3.8, 4) is 6.07 Å². The van der Waals surface area contributed by atoms with Crippen LogP contribution in [0.3, 0.4) is 0 Å². The van der Waals surface area contributed by atoms with Gasteiger partial charge in [0.1, 0.15) is 5.69 Å². The fraction of sp³-hybridized carbons (Fsp3) is 0.652. The molecule has 31 heavy (non-hydrogen) atoms. The monoisotopic (exact) mass is 440 g/mol. The van der Waals surface area contributed by atoms with E-state index < -0.39 is 11.1 Å². The quantitative estimate of drug-likeness (QED) is 0.765. The molecule has 4 rings (SSSR count). The Morgan fingerprint density at radius 3 is 2.65 bits per heavy atom. The molecular formula is C23H32N6OS. The molecule has 2 fully saturated rings. The first-order valence-electron chi connectivity index (χ1n) is 11.2. The predicted octanol–water partition coefficient (Wildman–Crippen LogP) is 3.76. The number of nitrogens with one attached hydrogen (secondary N) is 1. The number of rotatable bonds is 5. The Hall–Kier alpha value is -2.24. The number of nitrogens with zero attached hydrogens (tertiary/aromatic N) is 5. The minimum absolute atomic E-state index is 0.0776. The third-order valence-corrected chi connectivity index (χ3v) is 8.16. The summed E-state index contributed by atoms with van der Waals surface area (Å²) in [5.74, 6) is 0.919. The number of thiophene rings is 1. The lowest BCUT2D eigenvalue weighted by atomic mass is 9.71. The van der Waals surface area contributed by atoms with Crippen LogP contribution in [-0.2, 0) is 11.1 Å². The maximum absolute atomic E-state index is 13.0. The normalized spacial score (nSPS) is 26.0. The Bertz CT molecular complexity index is 932. The molecule has 1 aliphatic heterocycles. The van der Waals surface area contributed by atoms with Crippen molar-refractivity contribution >= 4 is 17.2 Å². The molecule has 1 aliphatic carbocycles. The molecule has 8 heteroatoms. The van der Waals surface area contributed by atoms with Crippen LogP contribution in [0.15, 0.2) is 23.0 Å². The smallest absolute Gasteiger partial charge is 0.252 e. The molecule has 0 unspecified atom stereocenters. The molecule has 3 heterocycles. The van der Waals surface area contributed by atoms with E-state index in [0.717, 1.165) is 57.3 Å². The fourth-order valence-corrected chi connectivity index (χ4v) is 5.64. The SMILES string of the molecule is CN1CCC(C#N)(n2cc([C@@](C)(NC(=O)c3ccsc3)[C@H]3CC[C@H](C)CC3)nn2)CC1. The van der Waals surface area contributed by atoms with Gasteiger partial charge in [-0.3, -0.25) is 4.79 Å². The van der Waals surface area contributed by atoms with Gasteiger partial charge < -0.3 is 10.2 Å². The Kier molecular flexibility index (Phi) is 6.18. The van der Waals surface area contributed by atoms with Crippen LogP contribution in [0.1, 0.15) is 68.4 Å². The van der Waals surface area contributed by atoms with E-state index >= 15 is 0 Å². The van der Waals surface area contributed by atoms with Crippen molar-refractivity contribution in [1.29, 1.82) is 5.26 Å². The second-order valence-electron chi connectivity index (χ2n) is 9.62. The number of carbonyl (C=O) groups excluding carboxylic acids is 1. The van der Waals surface area contributed by atoms with Crippen LogP contribution < -0.4 is 5.32 Å². The van der Waals surface area contributed by atoms with Crippen LogP contribution in [0.2, 0.25) is 0 Å². The van der Waals surface area contributed by atoms with Crippen LogP contribution in [-0.4, -0.2) is 45.9 Å². The highest BCUT2D eigenvalue weighted by molar-refractivity contribution is 7.08. The molecule has 166 valence electrons. The van der Waals surface area contributed by atoms with Gasteiger partial charge >= 0.3 is 0 Å². The van der Waals surface area contributed by atoms with E-state index in [1.165, 1.54) is 11.3 Å². The Morgan fingerprint density at radius 1 is 1.32 bits per heavy atom. The standard InChI is InChI=1S/C23H32N6OS/c1-17-4-6-19(7-5-17)22(2,25-21(30)18-8-13-31-15-18)20-14-29(27-26-20)23(16-24)9-11-28(3)12-10-23/h8,13-15,17,19H,4-7,9-12H2,1-3H3,(H,25,30)/t17-,19-,22-/m0/s1. The van der Waals surface area contributed by atoms with E-state index in [-0.39, 0.29) is 11.8 Å². The Morgan fingerprint density at radius 2 is 2.03 bits per heavy atom. The average Bonchev–Trinajstić information content (AvgIpc) is 3.48. The number of hydrogen-bond acceptors (Lipinski definition) is 6. The number of piperidine rings is 1. The lowest BCUT2D eigenvalue weighted by Crippen LogP contribution is -2.50. The summed E-state index contributed by atoms with van der Waals surface area (Å²) in [6.45, 7) is 6.09. The molecule has 1 N–H and O–H groups in total. The lowest BCUT2D eigenvalue weighted by Gasteiger charge is -2.40. The predicted molar refractivity (Wildman–Crippen MR) is 121 cm³/mol. The summed E-state index contributed by atoms with van der Waals surface area (Å²) in [6.07, 6.45) is 7.75. The summed E-state index contributed by atoms with van der Waals surface area (Å²) in [7, 11) is 2.08. The van der Waals surface area contributed by atoms with Gasteiger partial charge in [-0.2, -0.15) is 16.6 Å². The van der Waals surface area contributed by atoms with Crippen molar-refractivity contribution in [3.63, 3.8) is 0 Å². The molecule has 2 aliphatic rings. The molecule has 1 amide bonds. The summed E-state index contributed by atoms with van der Waals surface area (Å²) in [5, 5.41) is 26.1. The van der Waals surface area contributed by atoms with E-state index in [9.17, 15) is 10.1 Å². The molecule has 2 aromatic heterocycles. The van der Waals surface area contributed by atoms with Crippen molar-refractivity contribution in [2.24, 2.45) is 11.8 Å². The zero-order valence-electron chi connectivity index (χ0n) is 18.7. The van der Waals surface area contributed by atoms with Gasteiger partial charge in [-0.15, -0.1) is 5.10 Å². The van der Waals surface area contributed by atoms with E-state index in [0.29, 0.717) is 11.5 Å². The third-order valence-electron chi connectivity index (χ3n) is 7.48. The Labute approximate surface area is 188 Å². The van der Waals surface area contributed by atoms with Crippen molar-refractivity contribution in [3.05, 3.63) is 34.3 Å². The van der Waals surface area contributed by atoms with Gasteiger partial charge in [-0.05, 0) is 62.9 Å². The summed E-state index contributed by atoms with van der Waals surface area (Å²) in [6, 6.07) is 4.37. The molecule has 0 radical (unpaired) electrons. The van der Waals surface area contributed by atoms with Crippen LogP contribution >= 0.6 is 11.3 Å². The molecule has 1 atom stereocenters. The van der Waals surface area contributed by atoms with Crippen LogP contribution in [0.25, 0.3) is 0 Å². The summed E-state index contributed by atoms with van der Waals surface area (Å²) in [5.41, 5.74) is 0.136. The maximum atomic E-state index is 13.0. The zero-order valence-corrected chi connectivity index (χ0v) is 19.5. The number of hydrogen-bond donors (Lipinski definition) is 1. The highest BCUT2D eigenvalue weighted by atomic mass is 32.1. The van der Waals surface area contributed by atoms with Gasteiger partial charge in [0.05, 0.1) is 23.4 Å². The van der Waals surface area contributed by atoms with E-state index in [1.54, 1.807) is 4.68 Å². The number of nitriles is 1. The van der Waals surface area contributed by atoms with Gasteiger partial charge in [0.15, 0.2) is 5.54 Å². The molecule has 0 bridgehead atoms. The minimum atomic E-state index is -0.670. The first-order valence-corrected chi connectivity index (χ1v) is 12.2. The second-order valence-corrected chi connectivity index (χ2v) is 10.4. The number of carbonyl (C=O) groups is 1. The topological polar surface area (TPSA) is 86.8 Å². The molecule has 2 aromatic rings. The zero-order chi connectivity index (χ0) is 22.1. The Balaban J connectivity index is 1.65. The number of likely N-dealkylation sites (tertiary alicyclic amines) is 1. The molecule has 1 saturated carbocycles. The highest BCUT2D eigenvalue weighted by Crippen LogP contribution is 2.41. The summed E-state index contributed by atoms with van der Waals surface area (Å²) < 4.78 is 1.76. The van der Waals surface area contributed by atoms with Gasteiger partial charge in [-0.25, -0.2) is 4.68 Å². The van der Waals surface area contributed by atoms with E-state index in [1.807, 2.05) is 23.0 Å². The summed E-state index contributed by atoms with van der Waals surface area (Å²) in [4.78, 5) is 15.3. The van der Waals surface area contributed by atoms with Gasteiger partial charge in [0.25, 0.3) is 5.91 Å². The van der Waals surface area contributed by atoms with Gasteiger partial charge in [0.2, 0.25) is 0 Å². The molecule has 0 aromatic carbocycles. The van der Waals surface area contributed by atoms with Crippen LogP contribution in [0.4, 0.5) is 0 Å². The molecule has 1 saturated heterocycles. The second kappa shape index (κ2) is 8.71. The minimum Gasteiger partial charge on any atom is -0.341 e. The van der Waals surface area contributed by atoms with E-state index in [4.69, 9.17) is 0 Å². The number of amides is 1. The van der Waals surface area contributed by atoms with Crippen molar-refractivity contribution in [2.45, 2.75) is 63.5 Å². The van der Waals surface area contributed by atoms with Crippen molar-refractivity contribution in [2.75, 3.05) is 20.1 Å². The molecule has 7 nitrogen and oxygen atoms in total. The summed E-state index contributed by atoms with van der Waals surface area (Å²) >= 11 is 1.52. The largest absolute Gasteiger partial charge is 0.341 e. The molecular weight excluding hydrogens is 408 g/mol. The first-order chi connectivity index (χ1) is 14.9. The van der Waals surface area contributed by atoms with Crippen molar-refractivity contribution < 1.29 is 4.79 Å². The lowest BCUT2D eigenvalue weighted by molar-refractivity contribution is 0.0813. The van der Waals surface area contributed by atoms with E-state index in [2.05, 4.69) is 47.5 Å². The third kappa shape index (κ3) is 4.26. The molecule has 0 spiro atoms.